The Balaban J connectivity index is 1.42. The van der Waals surface area contributed by atoms with Gasteiger partial charge >= 0.3 is 0 Å². The van der Waals surface area contributed by atoms with Gasteiger partial charge in [0.25, 0.3) is 5.91 Å². The first-order chi connectivity index (χ1) is 16.0. The molecule has 1 aliphatic heterocycles. The van der Waals surface area contributed by atoms with E-state index in [-0.39, 0.29) is 23.8 Å². The van der Waals surface area contributed by atoms with Crippen molar-refractivity contribution in [2.75, 3.05) is 13.1 Å². The molecule has 2 amide bonds. The van der Waals surface area contributed by atoms with Crippen molar-refractivity contribution in [1.29, 1.82) is 0 Å². The topological polar surface area (TPSA) is 62.3 Å². The standard InChI is InChI=1S/C28H31N3O2/c1-20-13-14-25(28(33)30-21(2)23-11-7-4-8-12-23)27(29-20)24-15-17-31(18-16-24)26(32)19-22-9-5-3-6-10-22/h3-14,21,24H,15-19H2,1-2H3,(H,30,33). The quantitative estimate of drug-likeness (QED) is 0.596. The first kappa shape index (κ1) is 22.7. The van der Waals surface area contributed by atoms with Gasteiger partial charge in [0.15, 0.2) is 0 Å². The minimum absolute atomic E-state index is 0.0923. The first-order valence-electron chi connectivity index (χ1n) is 11.7. The second-order valence-corrected chi connectivity index (χ2v) is 8.81. The van der Waals surface area contributed by atoms with Crippen LogP contribution in [0.3, 0.4) is 0 Å². The first-order valence-corrected chi connectivity index (χ1v) is 11.7. The van der Waals surface area contributed by atoms with Gasteiger partial charge in [-0.2, -0.15) is 0 Å². The lowest BCUT2D eigenvalue weighted by Gasteiger charge is -2.32. The summed E-state index contributed by atoms with van der Waals surface area (Å²) in [5, 5.41) is 3.12. The molecule has 1 unspecified atom stereocenters. The smallest absolute Gasteiger partial charge is 0.253 e. The van der Waals surface area contributed by atoms with Crippen molar-refractivity contribution in [3.8, 4) is 0 Å². The van der Waals surface area contributed by atoms with Crippen molar-refractivity contribution in [2.24, 2.45) is 0 Å². The number of likely N-dealkylation sites (tertiary alicyclic amines) is 1. The molecule has 0 aliphatic carbocycles. The Bertz CT molecular complexity index is 1090. The fraction of sp³-hybridized carbons (Fsp3) is 0.321. The number of nitrogens with one attached hydrogen (secondary N) is 1. The minimum Gasteiger partial charge on any atom is -0.345 e. The molecule has 1 N–H and O–H groups in total. The van der Waals surface area contributed by atoms with Gasteiger partial charge in [-0.05, 0) is 49.9 Å². The number of rotatable bonds is 6. The van der Waals surface area contributed by atoms with Crippen LogP contribution in [0.2, 0.25) is 0 Å². The molecule has 1 atom stereocenters. The molecule has 2 aromatic carbocycles. The van der Waals surface area contributed by atoms with E-state index < -0.39 is 0 Å². The summed E-state index contributed by atoms with van der Waals surface area (Å²) in [6, 6.07) is 23.5. The van der Waals surface area contributed by atoms with Crippen molar-refractivity contribution < 1.29 is 9.59 Å². The molecule has 33 heavy (non-hydrogen) atoms. The molecule has 5 nitrogen and oxygen atoms in total. The molecule has 5 heteroatoms. The molecule has 0 radical (unpaired) electrons. The normalized spacial score (nSPS) is 15.2. The van der Waals surface area contributed by atoms with Crippen LogP contribution in [0.25, 0.3) is 0 Å². The van der Waals surface area contributed by atoms with Gasteiger partial charge in [0, 0.05) is 24.7 Å². The lowest BCUT2D eigenvalue weighted by Crippen LogP contribution is -2.39. The van der Waals surface area contributed by atoms with Crippen LogP contribution >= 0.6 is 0 Å². The fourth-order valence-electron chi connectivity index (χ4n) is 4.46. The van der Waals surface area contributed by atoms with E-state index in [1.165, 1.54) is 0 Å². The number of aryl methyl sites for hydroxylation is 1. The van der Waals surface area contributed by atoms with Crippen LogP contribution in [0.4, 0.5) is 0 Å². The fourth-order valence-corrected chi connectivity index (χ4v) is 4.46. The molecule has 1 aliphatic rings. The monoisotopic (exact) mass is 441 g/mol. The van der Waals surface area contributed by atoms with Crippen LogP contribution in [-0.2, 0) is 11.2 Å². The van der Waals surface area contributed by atoms with E-state index in [2.05, 4.69) is 5.32 Å². The summed E-state index contributed by atoms with van der Waals surface area (Å²) in [6.07, 6.45) is 2.05. The Morgan fingerprint density at radius 1 is 0.970 bits per heavy atom. The third-order valence-electron chi connectivity index (χ3n) is 6.39. The molecule has 0 spiro atoms. The van der Waals surface area contributed by atoms with Crippen molar-refractivity contribution in [3.05, 3.63) is 101 Å². The molecule has 1 fully saturated rings. The average molecular weight is 442 g/mol. The zero-order valence-electron chi connectivity index (χ0n) is 19.3. The van der Waals surface area contributed by atoms with Gasteiger partial charge in [-0.1, -0.05) is 60.7 Å². The van der Waals surface area contributed by atoms with Gasteiger partial charge in [-0.25, -0.2) is 0 Å². The lowest BCUT2D eigenvalue weighted by atomic mass is 9.89. The van der Waals surface area contributed by atoms with E-state index in [1.54, 1.807) is 0 Å². The number of benzene rings is 2. The van der Waals surface area contributed by atoms with E-state index >= 15 is 0 Å². The van der Waals surface area contributed by atoms with Gasteiger partial charge in [0.05, 0.1) is 23.7 Å². The summed E-state index contributed by atoms with van der Waals surface area (Å²) >= 11 is 0. The Hall–Kier alpha value is -3.47. The van der Waals surface area contributed by atoms with Crippen molar-refractivity contribution in [2.45, 2.75) is 45.1 Å². The summed E-state index contributed by atoms with van der Waals surface area (Å²) in [5.74, 6) is 0.224. The maximum Gasteiger partial charge on any atom is 0.253 e. The molecule has 3 aromatic rings. The number of piperidine rings is 1. The van der Waals surface area contributed by atoms with Gasteiger partial charge in [0.2, 0.25) is 5.91 Å². The predicted molar refractivity (Wildman–Crippen MR) is 130 cm³/mol. The Morgan fingerprint density at radius 3 is 2.27 bits per heavy atom. The number of carbonyl (C=O) groups is 2. The van der Waals surface area contributed by atoms with Crippen molar-refractivity contribution >= 4 is 11.8 Å². The van der Waals surface area contributed by atoms with E-state index in [0.29, 0.717) is 25.1 Å². The summed E-state index contributed by atoms with van der Waals surface area (Å²) in [5.41, 5.74) is 4.50. The number of hydrogen-bond donors (Lipinski definition) is 1. The highest BCUT2D eigenvalue weighted by Gasteiger charge is 2.28. The predicted octanol–water partition coefficient (Wildman–Crippen LogP) is 4.83. The molecule has 0 bridgehead atoms. The maximum atomic E-state index is 13.2. The molecule has 1 aromatic heterocycles. The van der Waals surface area contributed by atoms with Crippen molar-refractivity contribution in [3.63, 3.8) is 0 Å². The van der Waals surface area contributed by atoms with Gasteiger partial charge in [0.1, 0.15) is 0 Å². The third-order valence-corrected chi connectivity index (χ3v) is 6.39. The van der Waals surface area contributed by atoms with Gasteiger partial charge in [-0.3, -0.25) is 14.6 Å². The Kier molecular flexibility index (Phi) is 7.18. The second kappa shape index (κ2) is 10.4. The summed E-state index contributed by atoms with van der Waals surface area (Å²) < 4.78 is 0. The maximum absolute atomic E-state index is 13.2. The van der Waals surface area contributed by atoms with E-state index in [9.17, 15) is 9.59 Å². The zero-order valence-corrected chi connectivity index (χ0v) is 19.3. The van der Waals surface area contributed by atoms with Crippen LogP contribution in [-0.4, -0.2) is 34.8 Å². The van der Waals surface area contributed by atoms with E-state index in [4.69, 9.17) is 4.98 Å². The zero-order chi connectivity index (χ0) is 23.2. The molecule has 4 rings (SSSR count). The third kappa shape index (κ3) is 5.67. The highest BCUT2D eigenvalue weighted by molar-refractivity contribution is 5.95. The van der Waals surface area contributed by atoms with Crippen LogP contribution in [0.5, 0.6) is 0 Å². The Labute approximate surface area is 195 Å². The highest BCUT2D eigenvalue weighted by Crippen LogP contribution is 2.30. The minimum atomic E-state index is -0.101. The lowest BCUT2D eigenvalue weighted by molar-refractivity contribution is -0.131. The van der Waals surface area contributed by atoms with Crippen LogP contribution in [0.1, 0.15) is 64.6 Å². The van der Waals surface area contributed by atoms with Crippen LogP contribution in [0.15, 0.2) is 72.8 Å². The van der Waals surface area contributed by atoms with Crippen LogP contribution in [0, 0.1) is 6.92 Å². The highest BCUT2D eigenvalue weighted by atomic mass is 16.2. The molecule has 0 saturated carbocycles. The number of hydrogen-bond acceptors (Lipinski definition) is 3. The van der Waals surface area contributed by atoms with E-state index in [0.717, 1.165) is 35.4 Å². The molecule has 170 valence electrons. The summed E-state index contributed by atoms with van der Waals surface area (Å²) in [7, 11) is 0. The second-order valence-electron chi connectivity index (χ2n) is 8.81. The largest absolute Gasteiger partial charge is 0.345 e. The number of pyridine rings is 1. The van der Waals surface area contributed by atoms with Crippen LogP contribution < -0.4 is 5.32 Å². The number of nitrogens with zero attached hydrogens (tertiary/aromatic N) is 2. The average Bonchev–Trinajstić information content (AvgIpc) is 2.85. The number of carbonyl (C=O) groups excluding carboxylic acids is 2. The van der Waals surface area contributed by atoms with Crippen molar-refractivity contribution in [1.82, 2.24) is 15.2 Å². The molecular weight excluding hydrogens is 410 g/mol. The molecular formula is C28H31N3O2. The summed E-state index contributed by atoms with van der Waals surface area (Å²) in [4.78, 5) is 32.6. The molecule has 2 heterocycles. The van der Waals surface area contributed by atoms with Gasteiger partial charge in [-0.15, -0.1) is 0 Å². The number of aromatic nitrogens is 1. The number of amides is 2. The summed E-state index contributed by atoms with van der Waals surface area (Å²) in [6.45, 7) is 5.32. The molecule has 1 saturated heterocycles. The SMILES string of the molecule is Cc1ccc(C(=O)NC(C)c2ccccc2)c(C2CCN(C(=O)Cc3ccccc3)CC2)n1. The van der Waals surface area contributed by atoms with Gasteiger partial charge < -0.3 is 10.2 Å². The Morgan fingerprint density at radius 2 is 1.61 bits per heavy atom. The van der Waals surface area contributed by atoms with E-state index in [1.807, 2.05) is 91.5 Å².